The van der Waals surface area contributed by atoms with Crippen molar-refractivity contribution in [2.24, 2.45) is 132 Å². The maximum absolute atomic E-state index is 12.6. The second kappa shape index (κ2) is 41.1. The molecule has 0 aliphatic heterocycles. The van der Waals surface area contributed by atoms with E-state index in [4.69, 9.17) is 27.4 Å². The number of nitrogens with one attached hydrogen (secondary N) is 2. The van der Waals surface area contributed by atoms with Crippen molar-refractivity contribution in [2.45, 2.75) is 225 Å². The third kappa shape index (κ3) is 23.1. The van der Waals surface area contributed by atoms with Gasteiger partial charge in [-0.15, -0.1) is 23.0 Å². The van der Waals surface area contributed by atoms with Gasteiger partial charge in [-0.05, 0) is 281 Å². The standard InChI is InChI=1S/C19H28N4O.C19H27N3O2.C18H25NO.C18H24O2.C15H22O2.C2H6/c1-12-5-7-16-13(2)6-8-17(18(16)9-12)14(3)19(24)20-10-15-11-23(4)22-21-15;1-12-5-7-16-13(2)6-8-17(18(16)9-12)14(3)19(23)24-11-15-10-22(4)21-20-15;1-5-10-19-18(20)14(4)16-9-7-13(3)15-8-6-12(2)11-17(15)16;1-5-10-20-18(19)14(4)16-9-7-13(3)15-8-6-12(2)11-17(15)16;1-9-4-6-12-10(2)5-7-13(14(12)8-9)11(3)15(16)17;1-2/h9,11,13,16-18H,3,5-8,10H2,1-2,4H3,(H,20,24);9-10,13,16-18H,3,5-8,11H2,1-2,4H3;1,11,13,15-17H,4,6-10H2,2-3H3,(H,19,20);1,11,13,15-17H,4,6-10H2,2-3H3;8,10,12-14H,3-7H2,1-2H3,(H,16,17);1-2H3/t2*13-,16+,17+,18+;2*13-,15+,16+,17+;10-,12+,13+,14+;/m11111./s1. The highest BCUT2D eigenvalue weighted by atomic mass is 16.5. The van der Waals surface area contributed by atoms with Gasteiger partial charge in [0.15, 0.2) is 6.61 Å². The summed E-state index contributed by atoms with van der Waals surface area (Å²) >= 11 is 0. The number of hydrogen-bond donors (Lipinski definition) is 3. The molecule has 10 aliphatic carbocycles. The zero-order valence-electron chi connectivity index (χ0n) is 67.7. The van der Waals surface area contributed by atoms with Crippen LogP contribution < -0.4 is 10.6 Å². The molecule has 5 fully saturated rings. The van der Waals surface area contributed by atoms with E-state index in [2.05, 4.69) is 176 Å². The lowest BCUT2D eigenvalue weighted by atomic mass is 9.61. The largest absolute Gasteiger partial charge is 0.478 e. The van der Waals surface area contributed by atoms with E-state index >= 15 is 0 Å². The molecule has 0 unspecified atom stereocenters. The van der Waals surface area contributed by atoms with Crippen LogP contribution in [0.5, 0.6) is 0 Å². The van der Waals surface area contributed by atoms with Gasteiger partial charge in [0.25, 0.3) is 0 Å². The molecule has 2 aromatic rings. The number of allylic oxidation sites excluding steroid dienone is 10. The van der Waals surface area contributed by atoms with Crippen LogP contribution in [-0.4, -0.2) is 78.0 Å². The second-order valence-electron chi connectivity index (χ2n) is 33.4. The Morgan fingerprint density at radius 2 is 0.748 bits per heavy atom. The Morgan fingerprint density at radius 1 is 0.449 bits per heavy atom. The summed E-state index contributed by atoms with van der Waals surface area (Å²) in [7, 11) is 3.61. The summed E-state index contributed by atoms with van der Waals surface area (Å²) in [6, 6.07) is 0. The van der Waals surface area contributed by atoms with E-state index in [1.165, 1.54) is 111 Å². The van der Waals surface area contributed by atoms with Crippen molar-refractivity contribution in [3.8, 4) is 24.7 Å². The summed E-state index contributed by atoms with van der Waals surface area (Å²) in [5.74, 6) is 13.7. The first-order valence-corrected chi connectivity index (χ1v) is 40.5. The molecule has 2 heterocycles. The number of fused-ring (bicyclic) bond motifs is 5. The molecule has 0 saturated heterocycles. The highest BCUT2D eigenvalue weighted by Gasteiger charge is 2.45. The molecular weight excluding hydrogens is 1330 g/mol. The Kier molecular flexibility index (Phi) is 33.2. The summed E-state index contributed by atoms with van der Waals surface area (Å²) in [6.45, 7) is 47.6. The Bertz CT molecular complexity index is 3520. The first kappa shape index (κ1) is 86.4. The molecule has 0 radical (unpaired) electrons. The Morgan fingerprint density at radius 3 is 1.05 bits per heavy atom. The van der Waals surface area contributed by atoms with E-state index in [-0.39, 0.29) is 73.1 Å². The number of aromatic nitrogens is 6. The van der Waals surface area contributed by atoms with Crippen LogP contribution in [0.4, 0.5) is 0 Å². The monoisotopic (exact) mass is 1470 g/mol. The zero-order chi connectivity index (χ0) is 78.5. The van der Waals surface area contributed by atoms with E-state index in [9.17, 15) is 24.0 Å². The van der Waals surface area contributed by atoms with Crippen molar-refractivity contribution in [3.05, 3.63) is 143 Å². The van der Waals surface area contributed by atoms with Gasteiger partial charge in [0.2, 0.25) is 11.8 Å². The molecule has 584 valence electrons. The molecule has 0 spiro atoms. The fourth-order valence-electron chi connectivity index (χ4n) is 20.0. The number of aryl methyl sites for hydroxylation is 2. The zero-order valence-corrected chi connectivity index (χ0v) is 67.7. The van der Waals surface area contributed by atoms with Crippen LogP contribution in [0.1, 0.15) is 223 Å². The number of esters is 2. The van der Waals surface area contributed by atoms with E-state index in [0.717, 1.165) is 85.8 Å². The molecule has 3 N–H and O–H groups in total. The van der Waals surface area contributed by atoms with Gasteiger partial charge in [-0.25, -0.2) is 14.4 Å². The first-order chi connectivity index (χ1) is 51.0. The molecule has 20 atom stereocenters. The summed E-state index contributed by atoms with van der Waals surface area (Å²) in [6.07, 6.45) is 48.9. The SMILES string of the molecule is C#CCNC(=O)C(=C)[C@@H]1CC[C@@H](C)[C@@H]2CCC(C)=C[C@@H]21.C#CCOC(=O)C(=C)[C@@H]1CC[C@@H](C)[C@@H]2CCC(C)=C[C@@H]21.C=C(C(=O)NCc1cn(C)nn1)[C@@H]1CC[C@@H](C)[C@@H]2CCC(C)=C[C@@H]21.C=C(C(=O)O)[C@@H]1CC[C@@H](C)[C@@H]2CCC(C)=C[C@@H]21.C=C(C(=O)OCc1cn(C)nn1)[C@@H]1CC[C@@H](C)[C@@H]2CCC(C)=C[C@@H]21.CC. The van der Waals surface area contributed by atoms with E-state index in [1.54, 1.807) is 22.6 Å². The molecule has 16 heteroatoms. The third-order valence-electron chi connectivity index (χ3n) is 26.2. The summed E-state index contributed by atoms with van der Waals surface area (Å²) in [4.78, 5) is 60.3. The average molecular weight is 1470 g/mol. The molecule has 2 amide bonds. The van der Waals surface area contributed by atoms with Gasteiger partial charge < -0.3 is 25.2 Å². The van der Waals surface area contributed by atoms with Crippen molar-refractivity contribution in [2.75, 3.05) is 13.2 Å². The molecule has 2 aromatic heterocycles. The van der Waals surface area contributed by atoms with E-state index < -0.39 is 5.97 Å². The van der Waals surface area contributed by atoms with Gasteiger partial charge in [0.05, 0.1) is 19.3 Å². The molecule has 5 saturated carbocycles. The average Bonchev–Trinajstić information content (AvgIpc) is 0.926. The number of carboxylic acid groups (broad SMARTS) is 1. The maximum Gasteiger partial charge on any atom is 0.334 e. The molecular formula is C91H132N8O8. The van der Waals surface area contributed by atoms with Gasteiger partial charge in [-0.2, -0.15) is 0 Å². The van der Waals surface area contributed by atoms with Crippen LogP contribution in [0.15, 0.2) is 131 Å². The Balaban J connectivity index is 0.000000186. The van der Waals surface area contributed by atoms with Crippen LogP contribution in [-0.2, 0) is 60.7 Å². The number of hydrogen-bond acceptors (Lipinski definition) is 11. The van der Waals surface area contributed by atoms with Crippen molar-refractivity contribution < 1.29 is 38.6 Å². The predicted octanol–water partition coefficient (Wildman–Crippen LogP) is 18.2. The maximum atomic E-state index is 12.6. The molecule has 12 rings (SSSR count). The number of aliphatic carboxylic acids is 1. The smallest absolute Gasteiger partial charge is 0.334 e. The van der Waals surface area contributed by atoms with Gasteiger partial charge in [0.1, 0.15) is 18.0 Å². The molecule has 107 heavy (non-hydrogen) atoms. The Labute approximate surface area is 643 Å². The number of amides is 2. The normalized spacial score (nSPS) is 31.3. The van der Waals surface area contributed by atoms with Crippen LogP contribution in [0.3, 0.4) is 0 Å². The first-order valence-electron chi connectivity index (χ1n) is 40.5. The molecule has 0 aromatic carbocycles. The van der Waals surface area contributed by atoms with Crippen molar-refractivity contribution in [1.29, 1.82) is 0 Å². The Hall–Kier alpha value is -7.85. The lowest BCUT2D eigenvalue weighted by molar-refractivity contribution is -0.141. The number of carbonyl (C=O) groups is 5. The van der Waals surface area contributed by atoms with Crippen LogP contribution in [0, 0.1) is 143 Å². The summed E-state index contributed by atoms with van der Waals surface area (Å²) < 4.78 is 13.7. The minimum absolute atomic E-state index is 0.0317. The van der Waals surface area contributed by atoms with Gasteiger partial charge in [-0.1, -0.05) is 162 Å². The lowest BCUT2D eigenvalue weighted by Crippen LogP contribution is -2.39. The number of rotatable bonds is 16. The van der Waals surface area contributed by atoms with Crippen LogP contribution >= 0.6 is 0 Å². The topological polar surface area (TPSA) is 210 Å². The number of ether oxygens (including phenoxy) is 2. The highest BCUT2D eigenvalue weighted by molar-refractivity contribution is 5.94. The van der Waals surface area contributed by atoms with Crippen molar-refractivity contribution >= 4 is 29.7 Å². The van der Waals surface area contributed by atoms with Gasteiger partial charge in [-0.3, -0.25) is 19.0 Å². The van der Waals surface area contributed by atoms with Gasteiger partial charge >= 0.3 is 17.9 Å². The van der Waals surface area contributed by atoms with Crippen LogP contribution in [0.25, 0.3) is 0 Å². The summed E-state index contributed by atoms with van der Waals surface area (Å²) in [5, 5.41) is 30.5. The molecule has 16 nitrogen and oxygen atoms in total. The van der Waals surface area contributed by atoms with Crippen molar-refractivity contribution in [3.63, 3.8) is 0 Å². The highest BCUT2D eigenvalue weighted by Crippen LogP contribution is 2.53. The number of terminal acetylenes is 2. The van der Waals surface area contributed by atoms with Crippen LogP contribution in [0.2, 0.25) is 0 Å². The number of carbonyl (C=O) groups excluding carboxylic acids is 4. The van der Waals surface area contributed by atoms with Gasteiger partial charge in [0, 0.05) is 48.2 Å². The van der Waals surface area contributed by atoms with E-state index in [1.807, 2.05) is 27.1 Å². The quantitative estimate of drug-likeness (QED) is 0.0620. The summed E-state index contributed by atoms with van der Waals surface area (Å²) in [5.41, 5.74) is 11.7. The molecule has 0 bridgehead atoms. The predicted molar refractivity (Wildman–Crippen MR) is 429 cm³/mol. The minimum atomic E-state index is -0.820. The fourth-order valence-corrected chi connectivity index (χ4v) is 20.0. The minimum Gasteiger partial charge on any atom is -0.478 e. The lowest BCUT2D eigenvalue weighted by Gasteiger charge is -2.44. The fraction of sp³-hybridized carbons (Fsp3) is 0.637. The molecule has 10 aliphatic rings. The number of carboxylic acids is 1. The van der Waals surface area contributed by atoms with Crippen molar-refractivity contribution in [1.82, 2.24) is 40.6 Å². The second-order valence-corrected chi connectivity index (χ2v) is 33.4. The number of nitrogens with zero attached hydrogens (tertiary/aromatic N) is 6. The third-order valence-corrected chi connectivity index (χ3v) is 26.2. The van der Waals surface area contributed by atoms with E-state index in [0.29, 0.717) is 93.7 Å².